The van der Waals surface area contributed by atoms with Crippen molar-refractivity contribution in [2.24, 2.45) is 15.9 Å². The van der Waals surface area contributed by atoms with Gasteiger partial charge in [-0.25, -0.2) is 0 Å². The highest BCUT2D eigenvalue weighted by Gasteiger charge is 2.32. The van der Waals surface area contributed by atoms with Gasteiger partial charge >= 0.3 is 6.18 Å². The number of aliphatic imine (C=N–C) groups is 2. The number of nitrogens with one attached hydrogen (secondary N) is 2. The minimum atomic E-state index is -4.48. The number of likely N-dealkylation sites (tertiary alicyclic amines) is 1. The van der Waals surface area contributed by atoms with Crippen molar-refractivity contribution in [2.45, 2.75) is 72.1 Å². The molecule has 0 spiro atoms. The first-order valence-corrected chi connectivity index (χ1v) is 12.4. The third kappa shape index (κ3) is 7.85. The first kappa shape index (κ1) is 29.4. The van der Waals surface area contributed by atoms with Gasteiger partial charge in [0.25, 0.3) is 0 Å². The first-order valence-electron chi connectivity index (χ1n) is 12.4. The Balaban J connectivity index is 1.84. The molecule has 1 amide bonds. The molecule has 198 valence electrons. The van der Waals surface area contributed by atoms with Crippen LogP contribution < -0.4 is 5.32 Å². The molecule has 2 unspecified atom stereocenters. The molecule has 1 aromatic rings. The molecule has 1 heterocycles. The highest BCUT2D eigenvalue weighted by molar-refractivity contribution is 6.04. The van der Waals surface area contributed by atoms with Gasteiger partial charge in [0.1, 0.15) is 6.54 Å². The van der Waals surface area contributed by atoms with Crippen LogP contribution in [-0.4, -0.2) is 60.7 Å². The molecule has 36 heavy (non-hydrogen) atoms. The number of amides is 1. The molecule has 9 heteroatoms. The SMILES string of the molecule is C=Nc1ccc(C(F)(F)F)cc1C(C)=NCC(=O)NC1CN(C(C)CCC(C)/C(=C/C)C(=N)CC)C1. The third-order valence-corrected chi connectivity index (χ3v) is 6.80. The summed E-state index contributed by atoms with van der Waals surface area (Å²) in [5, 5.41) is 11.1. The van der Waals surface area contributed by atoms with Gasteiger partial charge in [-0.2, -0.15) is 13.2 Å². The Morgan fingerprint density at radius 3 is 2.53 bits per heavy atom. The third-order valence-electron chi connectivity index (χ3n) is 6.80. The van der Waals surface area contributed by atoms with Crippen LogP contribution in [0, 0.1) is 11.3 Å². The van der Waals surface area contributed by atoms with Crippen LogP contribution in [0.15, 0.2) is 39.8 Å². The molecule has 0 aromatic heterocycles. The molecule has 0 saturated carbocycles. The van der Waals surface area contributed by atoms with Crippen molar-refractivity contribution in [3.05, 3.63) is 41.0 Å². The number of rotatable bonds is 12. The monoisotopic (exact) mass is 505 g/mol. The van der Waals surface area contributed by atoms with Gasteiger partial charge < -0.3 is 10.7 Å². The van der Waals surface area contributed by atoms with Crippen LogP contribution in [0.2, 0.25) is 0 Å². The number of carbonyl (C=O) groups excluding carboxylic acids is 1. The molecule has 2 N–H and O–H groups in total. The Hall–Kier alpha value is -2.81. The Kier molecular flexibility index (Phi) is 10.6. The van der Waals surface area contributed by atoms with E-state index in [1.165, 1.54) is 6.07 Å². The highest BCUT2D eigenvalue weighted by Crippen LogP contribution is 2.33. The quantitative estimate of drug-likeness (QED) is 0.351. The largest absolute Gasteiger partial charge is 0.416 e. The second-order valence-electron chi connectivity index (χ2n) is 9.41. The number of hydrogen-bond acceptors (Lipinski definition) is 5. The van der Waals surface area contributed by atoms with Crippen molar-refractivity contribution < 1.29 is 18.0 Å². The second-order valence-corrected chi connectivity index (χ2v) is 9.41. The topological polar surface area (TPSA) is 80.9 Å². The smallest absolute Gasteiger partial charge is 0.349 e. The summed E-state index contributed by atoms with van der Waals surface area (Å²) in [5.74, 6) is 0.0765. The molecule has 6 nitrogen and oxygen atoms in total. The van der Waals surface area contributed by atoms with Crippen LogP contribution in [0.25, 0.3) is 0 Å². The summed E-state index contributed by atoms with van der Waals surface area (Å²) in [6, 6.07) is 3.60. The van der Waals surface area contributed by atoms with Gasteiger partial charge in [0, 0.05) is 36.1 Å². The first-order chi connectivity index (χ1) is 16.9. The maximum absolute atomic E-state index is 13.1. The molecule has 0 bridgehead atoms. The van der Waals surface area contributed by atoms with Crippen molar-refractivity contribution in [3.63, 3.8) is 0 Å². The van der Waals surface area contributed by atoms with Gasteiger partial charge in [0.05, 0.1) is 17.3 Å². The van der Waals surface area contributed by atoms with E-state index in [-0.39, 0.29) is 29.7 Å². The Labute approximate surface area is 212 Å². The zero-order valence-corrected chi connectivity index (χ0v) is 21.9. The van der Waals surface area contributed by atoms with Gasteiger partial charge in [-0.15, -0.1) is 0 Å². The van der Waals surface area contributed by atoms with E-state index >= 15 is 0 Å². The summed E-state index contributed by atoms with van der Waals surface area (Å²) in [5.41, 5.74) is 1.82. The fraction of sp³-hybridized carbons (Fsp3) is 0.556. The van der Waals surface area contributed by atoms with Gasteiger partial charge in [-0.05, 0) is 76.4 Å². The summed E-state index contributed by atoms with van der Waals surface area (Å²) in [4.78, 5) is 22.7. The van der Waals surface area contributed by atoms with E-state index in [9.17, 15) is 18.0 Å². The lowest BCUT2D eigenvalue weighted by molar-refractivity contribution is -0.137. The van der Waals surface area contributed by atoms with Crippen molar-refractivity contribution in [1.29, 1.82) is 5.41 Å². The average molecular weight is 506 g/mol. The van der Waals surface area contributed by atoms with Crippen molar-refractivity contribution in [1.82, 2.24) is 10.2 Å². The molecule has 1 aliphatic rings. The number of hydrogen-bond donors (Lipinski definition) is 2. The zero-order chi connectivity index (χ0) is 27.0. The van der Waals surface area contributed by atoms with Crippen LogP contribution in [0.4, 0.5) is 18.9 Å². The molecule has 1 aliphatic heterocycles. The minimum Gasteiger partial charge on any atom is -0.349 e. The van der Waals surface area contributed by atoms with Gasteiger partial charge in [0.2, 0.25) is 5.91 Å². The standard InChI is InChI=1S/C27H38F3N5O/c1-7-22(24(31)8-2)17(3)9-10-18(4)35-15-21(16-35)34-26(36)14-33-19(5)23-13-20(27(28,29)30)11-12-25(23)32-6/h7,11-13,17-18,21,31H,6,8-10,14-16H2,1-5H3,(H,34,36)/b22-7-,31-24?,33-19?. The van der Waals surface area contributed by atoms with Crippen molar-refractivity contribution in [2.75, 3.05) is 19.6 Å². The molecule has 0 radical (unpaired) electrons. The van der Waals surface area contributed by atoms with E-state index in [0.717, 1.165) is 50.1 Å². The predicted molar refractivity (Wildman–Crippen MR) is 141 cm³/mol. The number of benzene rings is 1. The molecule has 1 fully saturated rings. The summed E-state index contributed by atoms with van der Waals surface area (Å²) in [6.07, 6.45) is 0.314. The molecule has 0 aliphatic carbocycles. The van der Waals surface area contributed by atoms with E-state index < -0.39 is 11.7 Å². The second kappa shape index (κ2) is 12.9. The molecule has 2 rings (SSSR count). The number of nitrogens with zero attached hydrogens (tertiary/aromatic N) is 3. The van der Waals surface area contributed by atoms with E-state index in [4.69, 9.17) is 5.41 Å². The lowest BCUT2D eigenvalue weighted by atomic mass is 9.89. The molecule has 1 aromatic carbocycles. The van der Waals surface area contributed by atoms with Gasteiger partial charge in [-0.3, -0.25) is 19.7 Å². The highest BCUT2D eigenvalue weighted by atomic mass is 19.4. The average Bonchev–Trinajstić information content (AvgIpc) is 2.82. The van der Waals surface area contributed by atoms with Gasteiger partial charge in [-0.1, -0.05) is 19.9 Å². The van der Waals surface area contributed by atoms with Gasteiger partial charge in [0.15, 0.2) is 0 Å². The summed E-state index contributed by atoms with van der Waals surface area (Å²) in [7, 11) is 0. The van der Waals surface area contributed by atoms with Crippen LogP contribution in [-0.2, 0) is 11.0 Å². The zero-order valence-electron chi connectivity index (χ0n) is 21.9. The Bertz CT molecular complexity index is 1010. The van der Waals surface area contributed by atoms with Crippen LogP contribution in [0.3, 0.4) is 0 Å². The number of halogens is 3. The Morgan fingerprint density at radius 1 is 1.31 bits per heavy atom. The summed E-state index contributed by atoms with van der Waals surface area (Å²) < 4.78 is 39.2. The minimum absolute atomic E-state index is 0.0335. The maximum Gasteiger partial charge on any atom is 0.416 e. The normalized spacial score (nSPS) is 17.3. The fourth-order valence-electron chi connectivity index (χ4n) is 4.44. The predicted octanol–water partition coefficient (Wildman–Crippen LogP) is 5.83. The Morgan fingerprint density at radius 2 is 1.97 bits per heavy atom. The summed E-state index contributed by atoms with van der Waals surface area (Å²) >= 11 is 0. The van der Waals surface area contributed by atoms with Crippen LogP contribution in [0.1, 0.15) is 65.0 Å². The number of carbonyl (C=O) groups is 1. The number of alkyl halides is 3. The number of allylic oxidation sites excluding steroid dienone is 2. The molecule has 2 atom stereocenters. The fourth-order valence-corrected chi connectivity index (χ4v) is 4.44. The van der Waals surface area contributed by atoms with Crippen LogP contribution in [0.5, 0.6) is 0 Å². The van der Waals surface area contributed by atoms with E-state index in [0.29, 0.717) is 23.4 Å². The van der Waals surface area contributed by atoms with E-state index in [2.05, 4.69) is 40.8 Å². The van der Waals surface area contributed by atoms with Crippen LogP contribution >= 0.6 is 0 Å². The molecule has 1 saturated heterocycles. The maximum atomic E-state index is 13.1. The molecular weight excluding hydrogens is 467 g/mol. The lowest BCUT2D eigenvalue weighted by Crippen LogP contribution is -2.61. The van der Waals surface area contributed by atoms with E-state index in [1.54, 1.807) is 6.92 Å². The van der Waals surface area contributed by atoms with Crippen molar-refractivity contribution in [3.8, 4) is 0 Å². The summed E-state index contributed by atoms with van der Waals surface area (Å²) in [6.45, 7) is 14.6. The van der Waals surface area contributed by atoms with Crippen molar-refractivity contribution >= 4 is 29.7 Å². The lowest BCUT2D eigenvalue weighted by Gasteiger charge is -2.43. The van der Waals surface area contributed by atoms with E-state index in [1.807, 2.05) is 19.9 Å². The molecular formula is C27H38F3N5O.